The predicted octanol–water partition coefficient (Wildman–Crippen LogP) is 10.4. The largest absolute Gasteiger partial charge is 0.494 e. The van der Waals surface area contributed by atoms with Crippen LogP contribution >= 0.6 is 11.6 Å². The number of halogens is 1. The van der Waals surface area contributed by atoms with E-state index in [1.807, 2.05) is 79.7 Å². The van der Waals surface area contributed by atoms with Crippen molar-refractivity contribution in [2.45, 2.75) is 83.5 Å². The molecule has 2 aliphatic heterocycles. The minimum Gasteiger partial charge on any atom is -0.494 e. The number of ether oxygens (including phenoxy) is 7. The summed E-state index contributed by atoms with van der Waals surface area (Å²) in [6, 6.07) is 42.9. The normalized spacial score (nSPS) is 22.6. The van der Waals surface area contributed by atoms with Gasteiger partial charge in [-0.05, 0) is 84.2 Å². The van der Waals surface area contributed by atoms with Crippen LogP contribution in [0.15, 0.2) is 127 Å². The van der Waals surface area contributed by atoms with Gasteiger partial charge in [-0.15, -0.1) is 0 Å². The highest BCUT2D eigenvalue weighted by atomic mass is 35.5. The second-order valence-electron chi connectivity index (χ2n) is 14.6. The number of rotatable bonds is 14. The van der Waals surface area contributed by atoms with Crippen LogP contribution in [0.1, 0.15) is 66.2 Å². The summed E-state index contributed by atoms with van der Waals surface area (Å²) in [5.74, 6) is 1.84. The minimum atomic E-state index is -0.601. The van der Waals surface area contributed by atoms with Gasteiger partial charge in [0.1, 0.15) is 42.0 Å². The second-order valence-corrected chi connectivity index (χ2v) is 15.0. The lowest BCUT2D eigenvalue weighted by Gasteiger charge is -2.47. The molecule has 0 amide bonds. The quantitative estimate of drug-likeness (QED) is 0.111. The van der Waals surface area contributed by atoms with Crippen molar-refractivity contribution in [1.29, 1.82) is 0 Å². The number of hydrogen-bond acceptors (Lipinski definition) is 7. The first kappa shape index (κ1) is 40.0. The van der Waals surface area contributed by atoms with Crippen molar-refractivity contribution in [3.05, 3.63) is 166 Å². The Bertz CT molecular complexity index is 1910. The van der Waals surface area contributed by atoms with Crippen molar-refractivity contribution >= 4 is 11.6 Å². The smallest absolute Gasteiger partial charge is 0.126 e. The number of benzene rings is 5. The highest BCUT2D eigenvalue weighted by Crippen LogP contribution is 2.44. The number of fused-ring (bicyclic) bond motifs is 4. The van der Waals surface area contributed by atoms with Crippen molar-refractivity contribution in [1.82, 2.24) is 0 Å². The van der Waals surface area contributed by atoms with Gasteiger partial charge in [-0.1, -0.05) is 122 Å². The Morgan fingerprint density at radius 3 is 1.82 bits per heavy atom. The van der Waals surface area contributed by atoms with Crippen molar-refractivity contribution in [2.24, 2.45) is 5.92 Å². The van der Waals surface area contributed by atoms with Crippen molar-refractivity contribution in [2.75, 3.05) is 26.4 Å². The molecule has 0 aromatic heterocycles. The molecule has 0 N–H and O–H groups in total. The van der Waals surface area contributed by atoms with E-state index in [4.69, 9.17) is 44.8 Å². The standard InChI is InChI=1S/C48H53ClO7/c1-3-34-24-25-50-33-44-46(53-30-36-14-8-5-9-15-36)48(55-32-38-18-12-7-13-19-38)47(54-31-37-16-10-6-11-17-37)45(56-44)41-27-39(42(49)28-43(41)52-29-34)26-35-20-22-40(23-21-35)51-4-2/h5-23,27-28,34,44-48H,3-4,24-26,29-33H2,1-2H3. The van der Waals surface area contributed by atoms with E-state index < -0.39 is 30.5 Å². The first-order valence-corrected chi connectivity index (χ1v) is 20.3. The Kier molecular flexibility index (Phi) is 14.5. The van der Waals surface area contributed by atoms with E-state index in [-0.39, 0.29) is 0 Å². The van der Waals surface area contributed by atoms with Gasteiger partial charge in [0.2, 0.25) is 0 Å². The monoisotopic (exact) mass is 776 g/mol. The molecule has 5 aromatic carbocycles. The van der Waals surface area contributed by atoms with Gasteiger partial charge in [0.15, 0.2) is 0 Å². The molecule has 0 spiro atoms. The van der Waals surface area contributed by atoms with E-state index >= 15 is 0 Å². The fourth-order valence-electron chi connectivity index (χ4n) is 7.43. The SMILES string of the molecule is CCOc1ccc(Cc2cc3c(cc2Cl)OCC(CC)CCOCC2OC3C(OCc3ccccc3)C(OCc3ccccc3)C2OCc2ccccc2)cc1. The molecule has 294 valence electrons. The van der Waals surface area contributed by atoms with E-state index in [1.165, 1.54) is 0 Å². The second kappa shape index (κ2) is 20.3. The molecule has 7 nitrogen and oxygen atoms in total. The third-order valence-electron chi connectivity index (χ3n) is 10.6. The Hall–Kier alpha value is -4.21. The Balaban J connectivity index is 1.32. The molecular formula is C48H53ClO7. The Labute approximate surface area is 336 Å². The van der Waals surface area contributed by atoms with E-state index in [2.05, 4.69) is 61.5 Å². The lowest BCUT2D eigenvalue weighted by Crippen LogP contribution is -2.58. The molecule has 0 radical (unpaired) electrons. The van der Waals surface area contributed by atoms with Gasteiger partial charge in [-0.2, -0.15) is 0 Å². The van der Waals surface area contributed by atoms with Gasteiger partial charge in [0.05, 0.1) is 39.6 Å². The molecule has 0 aliphatic carbocycles. The molecule has 6 atom stereocenters. The maximum Gasteiger partial charge on any atom is 0.126 e. The summed E-state index contributed by atoms with van der Waals surface area (Å²) in [5, 5.41) is 0.635. The maximum atomic E-state index is 7.22. The summed E-state index contributed by atoms with van der Waals surface area (Å²) in [6.45, 7) is 7.35. The Morgan fingerprint density at radius 1 is 0.643 bits per heavy atom. The summed E-state index contributed by atoms with van der Waals surface area (Å²) < 4.78 is 47.0. The number of hydrogen-bond donors (Lipinski definition) is 0. The maximum absolute atomic E-state index is 7.22. The average molecular weight is 777 g/mol. The van der Waals surface area contributed by atoms with Crippen LogP contribution in [-0.2, 0) is 49.9 Å². The molecule has 2 heterocycles. The molecule has 1 fully saturated rings. The fourth-order valence-corrected chi connectivity index (χ4v) is 7.65. The van der Waals surface area contributed by atoms with Gasteiger partial charge in [-0.3, -0.25) is 0 Å². The van der Waals surface area contributed by atoms with Gasteiger partial charge in [-0.25, -0.2) is 0 Å². The lowest BCUT2D eigenvalue weighted by molar-refractivity contribution is -0.275. The first-order chi connectivity index (χ1) is 27.6. The van der Waals surface area contributed by atoms with Gasteiger partial charge in [0.25, 0.3) is 0 Å². The third-order valence-corrected chi connectivity index (χ3v) is 11.0. The van der Waals surface area contributed by atoms with Gasteiger partial charge < -0.3 is 33.2 Å². The van der Waals surface area contributed by atoms with Gasteiger partial charge in [0, 0.05) is 17.2 Å². The molecule has 0 saturated carbocycles. The van der Waals surface area contributed by atoms with Crippen LogP contribution in [0.25, 0.3) is 0 Å². The van der Waals surface area contributed by atoms with E-state index in [9.17, 15) is 0 Å². The average Bonchev–Trinajstić information content (AvgIpc) is 3.23. The molecular weight excluding hydrogens is 724 g/mol. The Morgan fingerprint density at radius 2 is 1.23 bits per heavy atom. The van der Waals surface area contributed by atoms with Crippen LogP contribution in [0, 0.1) is 5.92 Å². The summed E-state index contributed by atoms with van der Waals surface area (Å²) in [6.07, 6.45) is -0.288. The van der Waals surface area contributed by atoms with Crippen molar-refractivity contribution in [3.63, 3.8) is 0 Å². The highest BCUT2D eigenvalue weighted by molar-refractivity contribution is 6.31. The van der Waals surface area contributed by atoms with Crippen molar-refractivity contribution in [3.8, 4) is 11.5 Å². The topological polar surface area (TPSA) is 64.6 Å². The van der Waals surface area contributed by atoms with E-state index in [1.54, 1.807) is 0 Å². The highest BCUT2D eigenvalue weighted by Gasteiger charge is 2.50. The van der Waals surface area contributed by atoms with Crippen molar-refractivity contribution < 1.29 is 33.2 Å². The van der Waals surface area contributed by atoms with Crippen LogP contribution in [-0.4, -0.2) is 50.8 Å². The molecule has 1 saturated heterocycles. The fraction of sp³-hybridized carbons (Fsp3) is 0.375. The molecule has 56 heavy (non-hydrogen) atoms. The first-order valence-electron chi connectivity index (χ1n) is 19.9. The molecule has 2 bridgehead atoms. The molecule has 7 rings (SSSR count). The van der Waals surface area contributed by atoms with Crippen LogP contribution in [0.4, 0.5) is 0 Å². The molecule has 8 heteroatoms. The summed E-state index contributed by atoms with van der Waals surface area (Å²) >= 11 is 7.13. The third kappa shape index (κ3) is 10.6. The molecule has 6 unspecified atom stereocenters. The minimum absolute atomic E-state index is 0.308. The van der Waals surface area contributed by atoms with Crippen LogP contribution < -0.4 is 9.47 Å². The van der Waals surface area contributed by atoms with Gasteiger partial charge >= 0.3 is 0 Å². The zero-order chi connectivity index (χ0) is 38.5. The van der Waals surface area contributed by atoms with Crippen LogP contribution in [0.2, 0.25) is 5.02 Å². The summed E-state index contributed by atoms with van der Waals surface area (Å²) in [7, 11) is 0. The summed E-state index contributed by atoms with van der Waals surface area (Å²) in [4.78, 5) is 0. The summed E-state index contributed by atoms with van der Waals surface area (Å²) in [5.41, 5.74) is 6.10. The van der Waals surface area contributed by atoms with Crippen LogP contribution in [0.5, 0.6) is 11.5 Å². The zero-order valence-electron chi connectivity index (χ0n) is 32.4. The van der Waals surface area contributed by atoms with Crippen LogP contribution in [0.3, 0.4) is 0 Å². The van der Waals surface area contributed by atoms with E-state index in [0.717, 1.165) is 52.0 Å². The zero-order valence-corrected chi connectivity index (χ0v) is 33.2. The lowest BCUT2D eigenvalue weighted by atomic mass is 9.88. The predicted molar refractivity (Wildman–Crippen MR) is 219 cm³/mol. The molecule has 2 aliphatic rings. The molecule has 5 aromatic rings. The van der Waals surface area contributed by atoms with E-state index in [0.29, 0.717) is 69.4 Å².